The number of anilines is 1. The Morgan fingerprint density at radius 3 is 3.00 bits per heavy atom. The molecule has 0 amide bonds. The topological polar surface area (TPSA) is 39.9 Å². The summed E-state index contributed by atoms with van der Waals surface area (Å²) < 4.78 is 26.5. The lowest BCUT2D eigenvalue weighted by Crippen LogP contribution is -2.43. The summed E-state index contributed by atoms with van der Waals surface area (Å²) in [6.45, 7) is 0.226. The fraction of sp³-hybridized carbons (Fsp3) is 0.455. The molecule has 0 saturated carbocycles. The maximum absolute atomic E-state index is 13.2. The largest absolute Gasteiger partial charge is 0.363 e. The Morgan fingerprint density at radius 2 is 2.31 bits per heavy atom. The van der Waals surface area contributed by atoms with Gasteiger partial charge in [-0.2, -0.15) is 5.26 Å². The van der Waals surface area contributed by atoms with Gasteiger partial charge >= 0.3 is 0 Å². The van der Waals surface area contributed by atoms with E-state index in [0.717, 1.165) is 0 Å². The van der Waals surface area contributed by atoms with Gasteiger partial charge in [0.05, 0.1) is 12.2 Å². The third kappa shape index (κ3) is 2.11. The van der Waals surface area contributed by atoms with Crippen LogP contribution in [0, 0.1) is 11.3 Å². The number of halogens is 2. The average Bonchev–Trinajstić information content (AvgIpc) is 2.27. The maximum atomic E-state index is 13.2. The van der Waals surface area contributed by atoms with E-state index in [4.69, 9.17) is 5.26 Å². The SMILES string of the molecule is N#Cc1ncccc1N1CCCC(F)(F)C1. The van der Waals surface area contributed by atoms with Gasteiger partial charge in [-0.15, -0.1) is 0 Å². The predicted octanol–water partition coefficient (Wildman–Crippen LogP) is 2.19. The first-order chi connectivity index (χ1) is 7.62. The highest BCUT2D eigenvalue weighted by atomic mass is 19.3. The van der Waals surface area contributed by atoms with Crippen LogP contribution in [0.4, 0.5) is 14.5 Å². The summed E-state index contributed by atoms with van der Waals surface area (Å²) in [5.74, 6) is -2.67. The molecule has 5 heteroatoms. The van der Waals surface area contributed by atoms with Gasteiger partial charge in [-0.1, -0.05) is 0 Å². The molecule has 1 aliphatic rings. The molecule has 1 aromatic rings. The number of hydrogen-bond donors (Lipinski definition) is 0. The Hall–Kier alpha value is -1.70. The molecule has 1 aliphatic heterocycles. The van der Waals surface area contributed by atoms with Crippen LogP contribution >= 0.6 is 0 Å². The number of hydrogen-bond acceptors (Lipinski definition) is 3. The second-order valence-corrected chi connectivity index (χ2v) is 3.86. The molecule has 1 fully saturated rings. The normalized spacial score (nSPS) is 19.2. The number of piperidine rings is 1. The molecule has 2 heterocycles. The van der Waals surface area contributed by atoms with Gasteiger partial charge in [-0.05, 0) is 18.6 Å². The number of alkyl halides is 2. The summed E-state index contributed by atoms with van der Waals surface area (Å²) in [7, 11) is 0. The minimum Gasteiger partial charge on any atom is -0.363 e. The first-order valence-electron chi connectivity index (χ1n) is 5.10. The van der Waals surface area contributed by atoms with Crippen LogP contribution in [0.5, 0.6) is 0 Å². The molecule has 3 nitrogen and oxygen atoms in total. The van der Waals surface area contributed by atoms with Crippen molar-refractivity contribution in [1.82, 2.24) is 4.98 Å². The lowest BCUT2D eigenvalue weighted by atomic mass is 10.1. The fourth-order valence-electron chi connectivity index (χ4n) is 1.91. The standard InChI is InChI=1S/C11H11F2N3/c12-11(13)4-2-6-16(8-11)10-3-1-5-15-9(10)7-14/h1,3,5H,2,4,6,8H2. The minimum absolute atomic E-state index is 0.0777. The molecule has 84 valence electrons. The van der Waals surface area contributed by atoms with Crippen LogP contribution in [-0.4, -0.2) is 24.0 Å². The summed E-state index contributed by atoms with van der Waals surface area (Å²) >= 11 is 0. The van der Waals surface area contributed by atoms with Gasteiger partial charge in [0.2, 0.25) is 0 Å². The van der Waals surface area contributed by atoms with Crippen molar-refractivity contribution in [3.8, 4) is 6.07 Å². The molecule has 0 N–H and O–H groups in total. The molecular weight excluding hydrogens is 212 g/mol. The lowest BCUT2D eigenvalue weighted by molar-refractivity contribution is -0.0116. The van der Waals surface area contributed by atoms with Crippen LogP contribution in [0.3, 0.4) is 0 Å². The van der Waals surface area contributed by atoms with E-state index in [9.17, 15) is 8.78 Å². The van der Waals surface area contributed by atoms with Crippen molar-refractivity contribution >= 4 is 5.69 Å². The second kappa shape index (κ2) is 4.05. The molecule has 16 heavy (non-hydrogen) atoms. The molecule has 0 unspecified atom stereocenters. The monoisotopic (exact) mass is 223 g/mol. The molecule has 0 radical (unpaired) electrons. The summed E-state index contributed by atoms with van der Waals surface area (Å²) in [6, 6.07) is 5.24. The highest BCUT2D eigenvalue weighted by Crippen LogP contribution is 2.30. The van der Waals surface area contributed by atoms with Gasteiger partial charge in [-0.3, -0.25) is 0 Å². The highest BCUT2D eigenvalue weighted by molar-refractivity contribution is 5.56. The molecule has 0 bridgehead atoms. The Morgan fingerprint density at radius 1 is 1.50 bits per heavy atom. The Labute approximate surface area is 92.3 Å². The van der Waals surface area contributed by atoms with Crippen LogP contribution in [0.1, 0.15) is 18.5 Å². The van der Waals surface area contributed by atoms with Gasteiger partial charge < -0.3 is 4.90 Å². The zero-order chi connectivity index (χ0) is 11.6. The molecule has 0 atom stereocenters. The maximum Gasteiger partial charge on any atom is 0.265 e. The molecular formula is C11H11F2N3. The number of nitrogens with zero attached hydrogens (tertiary/aromatic N) is 3. The smallest absolute Gasteiger partial charge is 0.265 e. The molecule has 1 aromatic heterocycles. The van der Waals surface area contributed by atoms with E-state index in [2.05, 4.69) is 4.98 Å². The molecule has 2 rings (SSSR count). The third-order valence-corrected chi connectivity index (χ3v) is 2.63. The third-order valence-electron chi connectivity index (χ3n) is 2.63. The van der Waals surface area contributed by atoms with E-state index in [0.29, 0.717) is 18.7 Å². The van der Waals surface area contributed by atoms with E-state index in [1.165, 1.54) is 11.1 Å². The first kappa shape index (κ1) is 10.8. The Balaban J connectivity index is 2.27. The van der Waals surface area contributed by atoms with Crippen molar-refractivity contribution in [3.63, 3.8) is 0 Å². The number of rotatable bonds is 1. The molecule has 0 aliphatic carbocycles. The quantitative estimate of drug-likeness (QED) is 0.732. The Bertz CT molecular complexity index is 425. The summed E-state index contributed by atoms with van der Waals surface area (Å²) in [6.07, 6.45) is 1.85. The van der Waals surface area contributed by atoms with Gasteiger partial charge in [0.1, 0.15) is 6.07 Å². The van der Waals surface area contributed by atoms with Crippen molar-refractivity contribution in [2.75, 3.05) is 18.0 Å². The van der Waals surface area contributed by atoms with Crippen molar-refractivity contribution in [3.05, 3.63) is 24.0 Å². The molecule has 1 saturated heterocycles. The van der Waals surface area contributed by atoms with E-state index < -0.39 is 5.92 Å². The minimum atomic E-state index is -2.67. The van der Waals surface area contributed by atoms with Crippen LogP contribution in [0.15, 0.2) is 18.3 Å². The van der Waals surface area contributed by atoms with E-state index >= 15 is 0 Å². The van der Waals surface area contributed by atoms with Crippen molar-refractivity contribution < 1.29 is 8.78 Å². The van der Waals surface area contributed by atoms with Crippen molar-refractivity contribution in [2.24, 2.45) is 0 Å². The van der Waals surface area contributed by atoms with Crippen LogP contribution in [0.2, 0.25) is 0 Å². The molecule has 0 spiro atoms. The van der Waals surface area contributed by atoms with Gasteiger partial charge in [0.25, 0.3) is 5.92 Å². The second-order valence-electron chi connectivity index (χ2n) is 3.86. The highest BCUT2D eigenvalue weighted by Gasteiger charge is 2.35. The number of nitriles is 1. The van der Waals surface area contributed by atoms with E-state index in [1.54, 1.807) is 12.1 Å². The lowest BCUT2D eigenvalue weighted by Gasteiger charge is -2.34. The van der Waals surface area contributed by atoms with Gasteiger partial charge in [0.15, 0.2) is 5.69 Å². The van der Waals surface area contributed by atoms with Crippen LogP contribution < -0.4 is 4.90 Å². The number of pyridine rings is 1. The van der Waals surface area contributed by atoms with Gasteiger partial charge in [0, 0.05) is 19.2 Å². The predicted molar refractivity (Wildman–Crippen MR) is 55.3 cm³/mol. The average molecular weight is 223 g/mol. The van der Waals surface area contributed by atoms with Crippen molar-refractivity contribution in [2.45, 2.75) is 18.8 Å². The van der Waals surface area contributed by atoms with Crippen LogP contribution in [-0.2, 0) is 0 Å². The first-order valence-corrected chi connectivity index (χ1v) is 5.10. The molecule has 0 aromatic carbocycles. The number of aromatic nitrogens is 1. The Kier molecular flexibility index (Phi) is 2.73. The van der Waals surface area contributed by atoms with E-state index in [-0.39, 0.29) is 18.7 Å². The summed E-state index contributed by atoms with van der Waals surface area (Å²) in [4.78, 5) is 5.41. The zero-order valence-electron chi connectivity index (χ0n) is 8.66. The zero-order valence-corrected chi connectivity index (χ0v) is 8.66. The summed E-state index contributed by atoms with van der Waals surface area (Å²) in [5, 5.41) is 8.85. The fourth-order valence-corrected chi connectivity index (χ4v) is 1.91. The van der Waals surface area contributed by atoms with Gasteiger partial charge in [-0.25, -0.2) is 13.8 Å². The van der Waals surface area contributed by atoms with E-state index in [1.807, 2.05) is 6.07 Å². The van der Waals surface area contributed by atoms with Crippen molar-refractivity contribution in [1.29, 1.82) is 5.26 Å². The van der Waals surface area contributed by atoms with Crippen LogP contribution in [0.25, 0.3) is 0 Å². The summed E-state index contributed by atoms with van der Waals surface area (Å²) in [5.41, 5.74) is 0.713.